The fourth-order valence-corrected chi connectivity index (χ4v) is 2.21. The van der Waals surface area contributed by atoms with E-state index >= 15 is 0 Å². The number of carbonyl (C=O) groups is 1. The summed E-state index contributed by atoms with van der Waals surface area (Å²) in [5.74, 6) is 0.660. The molecule has 0 bridgehead atoms. The molecule has 0 saturated heterocycles. The number of Topliss-reactive ketones (excluding diaryl/α,β-unsaturated/α-hetero) is 1. The number of hydrogen-bond acceptors (Lipinski definition) is 4. The van der Waals surface area contributed by atoms with Crippen molar-refractivity contribution in [1.29, 1.82) is 0 Å². The third-order valence-electron chi connectivity index (χ3n) is 3.35. The lowest BCUT2D eigenvalue weighted by Crippen LogP contribution is -2.30. The summed E-state index contributed by atoms with van der Waals surface area (Å²) in [6.45, 7) is 3.94. The summed E-state index contributed by atoms with van der Waals surface area (Å²) in [6, 6.07) is 1.71. The minimum absolute atomic E-state index is 0.124. The van der Waals surface area contributed by atoms with Crippen LogP contribution in [0, 0.1) is 5.41 Å². The molecule has 0 fully saturated rings. The Balaban J connectivity index is 2.17. The van der Waals surface area contributed by atoms with Gasteiger partial charge in [0.2, 0.25) is 0 Å². The zero-order chi connectivity index (χ0) is 12.0. The van der Waals surface area contributed by atoms with E-state index in [0.717, 1.165) is 18.5 Å². The van der Waals surface area contributed by atoms with Crippen molar-refractivity contribution in [3.8, 4) is 11.5 Å². The second-order valence-corrected chi connectivity index (χ2v) is 5.02. The molecule has 2 heterocycles. The van der Waals surface area contributed by atoms with E-state index in [9.17, 15) is 4.79 Å². The van der Waals surface area contributed by atoms with E-state index in [4.69, 9.17) is 4.52 Å². The minimum Gasteiger partial charge on any atom is -0.355 e. The van der Waals surface area contributed by atoms with Crippen molar-refractivity contribution in [3.63, 3.8) is 0 Å². The van der Waals surface area contributed by atoms with Crippen molar-refractivity contribution in [2.45, 2.75) is 26.7 Å². The largest absolute Gasteiger partial charge is 0.355 e. The summed E-state index contributed by atoms with van der Waals surface area (Å²) >= 11 is 0. The number of nitrogens with zero attached hydrogens (tertiary/aromatic N) is 2. The second kappa shape index (κ2) is 3.29. The molecule has 0 aromatic carbocycles. The molecule has 1 N–H and O–H groups in total. The molecule has 5 heteroatoms. The maximum Gasteiger partial charge on any atom is 0.187 e. The zero-order valence-corrected chi connectivity index (χ0v) is 9.78. The van der Waals surface area contributed by atoms with Gasteiger partial charge in [0.05, 0.1) is 11.8 Å². The number of nitrogens with one attached hydrogen (secondary N) is 1. The number of H-pyrrole nitrogens is 1. The van der Waals surface area contributed by atoms with Crippen molar-refractivity contribution in [1.82, 2.24) is 15.4 Å². The van der Waals surface area contributed by atoms with Crippen LogP contribution in [0.5, 0.6) is 0 Å². The highest BCUT2D eigenvalue weighted by Gasteiger charge is 2.38. The van der Waals surface area contributed by atoms with Gasteiger partial charge in [-0.1, -0.05) is 19.0 Å². The van der Waals surface area contributed by atoms with Gasteiger partial charge < -0.3 is 4.52 Å². The van der Waals surface area contributed by atoms with Crippen LogP contribution in [0.15, 0.2) is 16.8 Å². The van der Waals surface area contributed by atoms with Crippen LogP contribution in [-0.2, 0) is 6.42 Å². The van der Waals surface area contributed by atoms with Crippen LogP contribution in [0.4, 0.5) is 0 Å². The molecular formula is C12H13N3O2. The van der Waals surface area contributed by atoms with Gasteiger partial charge in [0.1, 0.15) is 5.69 Å². The lowest BCUT2D eigenvalue weighted by atomic mass is 9.74. The van der Waals surface area contributed by atoms with Crippen LogP contribution >= 0.6 is 0 Å². The van der Waals surface area contributed by atoms with Gasteiger partial charge in [-0.25, -0.2) is 0 Å². The van der Waals surface area contributed by atoms with E-state index in [1.54, 1.807) is 12.3 Å². The van der Waals surface area contributed by atoms with E-state index in [0.29, 0.717) is 17.0 Å². The Kier molecular flexibility index (Phi) is 1.98. The monoisotopic (exact) mass is 231 g/mol. The SMILES string of the molecule is CC1(C)CCc2[nH]nc(-c3ccno3)c2C1=O. The standard InChI is InChI=1S/C12H13N3O2/c1-12(2)5-3-7-9(11(12)16)10(15-14-7)8-4-6-13-17-8/h4,6H,3,5H2,1-2H3,(H,14,15). The number of aromatic nitrogens is 3. The Morgan fingerprint density at radius 3 is 3.00 bits per heavy atom. The predicted molar refractivity (Wildman–Crippen MR) is 60.5 cm³/mol. The number of aryl methyl sites for hydroxylation is 1. The number of fused-ring (bicyclic) bond motifs is 1. The molecule has 2 aromatic rings. The normalized spacial score (nSPS) is 18.1. The first kappa shape index (κ1) is 10.3. The first-order chi connectivity index (χ1) is 8.09. The Hall–Kier alpha value is -1.91. The summed E-state index contributed by atoms with van der Waals surface area (Å²) in [7, 11) is 0. The number of aromatic amines is 1. The molecule has 0 amide bonds. The van der Waals surface area contributed by atoms with Crippen molar-refractivity contribution >= 4 is 5.78 Å². The van der Waals surface area contributed by atoms with E-state index in [-0.39, 0.29) is 11.2 Å². The van der Waals surface area contributed by atoms with Gasteiger partial charge in [-0.05, 0) is 12.8 Å². The lowest BCUT2D eigenvalue weighted by molar-refractivity contribution is 0.0811. The molecule has 88 valence electrons. The number of ketones is 1. The van der Waals surface area contributed by atoms with Gasteiger partial charge in [0.15, 0.2) is 11.5 Å². The molecule has 2 aromatic heterocycles. The molecule has 0 aliphatic heterocycles. The highest BCUT2D eigenvalue weighted by molar-refractivity contribution is 6.06. The third-order valence-corrected chi connectivity index (χ3v) is 3.35. The molecule has 0 saturated carbocycles. The van der Waals surface area contributed by atoms with Gasteiger partial charge in [-0.15, -0.1) is 0 Å². The van der Waals surface area contributed by atoms with Crippen LogP contribution in [-0.4, -0.2) is 21.1 Å². The maximum absolute atomic E-state index is 12.4. The van der Waals surface area contributed by atoms with Gasteiger partial charge in [0.25, 0.3) is 0 Å². The van der Waals surface area contributed by atoms with E-state index in [2.05, 4.69) is 15.4 Å². The molecule has 0 atom stereocenters. The van der Waals surface area contributed by atoms with Crippen LogP contribution in [0.1, 0.15) is 36.3 Å². The summed E-state index contributed by atoms with van der Waals surface area (Å²) in [5, 5.41) is 10.7. The second-order valence-electron chi connectivity index (χ2n) is 5.02. The summed E-state index contributed by atoms with van der Waals surface area (Å²) in [4.78, 5) is 12.4. The molecule has 5 nitrogen and oxygen atoms in total. The summed E-state index contributed by atoms with van der Waals surface area (Å²) in [6.07, 6.45) is 3.24. The molecule has 0 unspecified atom stereocenters. The van der Waals surface area contributed by atoms with Gasteiger partial charge in [0, 0.05) is 17.2 Å². The summed E-state index contributed by atoms with van der Waals surface area (Å²) in [5.41, 5.74) is 1.82. The topological polar surface area (TPSA) is 71.8 Å². The fourth-order valence-electron chi connectivity index (χ4n) is 2.21. The molecular weight excluding hydrogens is 218 g/mol. The predicted octanol–water partition coefficient (Wildman–Crippen LogP) is 2.22. The average molecular weight is 231 g/mol. The van der Waals surface area contributed by atoms with Gasteiger partial charge >= 0.3 is 0 Å². The van der Waals surface area contributed by atoms with E-state index in [1.165, 1.54) is 0 Å². The van der Waals surface area contributed by atoms with Crippen molar-refractivity contribution in [2.75, 3.05) is 0 Å². The van der Waals surface area contributed by atoms with Crippen molar-refractivity contribution < 1.29 is 9.32 Å². The van der Waals surface area contributed by atoms with E-state index in [1.807, 2.05) is 13.8 Å². The Bertz CT molecular complexity index is 567. The molecule has 0 radical (unpaired) electrons. The van der Waals surface area contributed by atoms with Crippen LogP contribution in [0.2, 0.25) is 0 Å². The third kappa shape index (κ3) is 1.42. The number of carbonyl (C=O) groups excluding carboxylic acids is 1. The first-order valence-electron chi connectivity index (χ1n) is 5.63. The fraction of sp³-hybridized carbons (Fsp3) is 0.417. The minimum atomic E-state index is -0.328. The molecule has 1 aliphatic rings. The van der Waals surface area contributed by atoms with Gasteiger partial charge in [-0.2, -0.15) is 5.10 Å². The Morgan fingerprint density at radius 2 is 2.29 bits per heavy atom. The highest BCUT2D eigenvalue weighted by atomic mass is 16.5. The van der Waals surface area contributed by atoms with Crippen molar-refractivity contribution in [2.24, 2.45) is 5.41 Å². The molecule has 1 aliphatic carbocycles. The molecule has 0 spiro atoms. The van der Waals surface area contributed by atoms with Crippen LogP contribution in [0.25, 0.3) is 11.5 Å². The smallest absolute Gasteiger partial charge is 0.187 e. The Labute approximate surface area is 98.2 Å². The van der Waals surface area contributed by atoms with Crippen molar-refractivity contribution in [3.05, 3.63) is 23.5 Å². The molecule has 3 rings (SSSR count). The molecule has 17 heavy (non-hydrogen) atoms. The number of hydrogen-bond donors (Lipinski definition) is 1. The quantitative estimate of drug-likeness (QED) is 0.816. The highest BCUT2D eigenvalue weighted by Crippen LogP contribution is 2.37. The Morgan fingerprint density at radius 1 is 1.47 bits per heavy atom. The average Bonchev–Trinajstić information content (AvgIpc) is 2.92. The maximum atomic E-state index is 12.4. The van der Waals surface area contributed by atoms with Crippen LogP contribution < -0.4 is 0 Å². The van der Waals surface area contributed by atoms with Gasteiger partial charge in [-0.3, -0.25) is 9.89 Å². The first-order valence-corrected chi connectivity index (χ1v) is 5.63. The zero-order valence-electron chi connectivity index (χ0n) is 9.78. The summed E-state index contributed by atoms with van der Waals surface area (Å²) < 4.78 is 5.08. The van der Waals surface area contributed by atoms with E-state index < -0.39 is 0 Å². The van der Waals surface area contributed by atoms with Crippen LogP contribution in [0.3, 0.4) is 0 Å². The number of rotatable bonds is 1. The lowest BCUT2D eigenvalue weighted by Gasteiger charge is -2.27.